The van der Waals surface area contributed by atoms with E-state index in [1.54, 1.807) is 30.5 Å². The Morgan fingerprint density at radius 2 is 1.39 bits per heavy atom. The molecule has 6 atom stereocenters. The quantitative estimate of drug-likeness (QED) is 0.0451. The normalized spacial score (nSPS) is 21.5. The molecule has 0 saturated carbocycles. The number of para-hydroxylation sites is 1. The Morgan fingerprint density at radius 1 is 0.781 bits per heavy atom. The number of rotatable bonds is 15. The fraction of sp³-hybridized carbons (Fsp3) is 0.465. The standard InChI is InChI=1S/C43H60N14O7/c1-25(58)52-33(22-26-10-3-2-4-11-26)38(61)55-32-17-20-48-36(59)30(14-7-18-49-42(44)45)53-39(62)34(23-27-24-51-29-13-6-5-12-28(27)29)56-37(60)31(15-8-19-50-43(46)47)54-40(63)35-16-9-21-57(35)41(32)64/h2-6,10-13,24,30-35,51H,7-9,14-23H2,1H3,(H,48,59)(H,52,58)(H,53,62)(H,54,63)(H,55,61)(H,56,60)(H4,44,45,49)(H4,46,47,50)/t30?,31-,32+,33+,34?,35?/m1/s1. The molecule has 3 aromatic rings. The highest BCUT2D eigenvalue weighted by atomic mass is 16.2. The van der Waals surface area contributed by atoms with E-state index in [9.17, 15) is 33.6 Å². The average molecular weight is 885 g/mol. The van der Waals surface area contributed by atoms with Crippen LogP contribution in [0.5, 0.6) is 0 Å². The lowest BCUT2D eigenvalue weighted by molar-refractivity contribution is -0.142. The van der Waals surface area contributed by atoms with Crippen molar-refractivity contribution in [3.63, 3.8) is 0 Å². The molecule has 64 heavy (non-hydrogen) atoms. The molecule has 2 aromatic carbocycles. The van der Waals surface area contributed by atoms with Crippen molar-refractivity contribution >= 4 is 64.2 Å². The van der Waals surface area contributed by atoms with Gasteiger partial charge in [-0.25, -0.2) is 0 Å². The molecular formula is C43H60N14O7. The van der Waals surface area contributed by atoms with Crippen LogP contribution in [0.15, 0.2) is 70.8 Å². The maximum Gasteiger partial charge on any atom is 0.245 e. The van der Waals surface area contributed by atoms with Crippen molar-refractivity contribution < 1.29 is 33.6 Å². The Labute approximate surface area is 370 Å². The second kappa shape index (κ2) is 23.3. The van der Waals surface area contributed by atoms with Crippen LogP contribution < -0.4 is 54.8 Å². The Hall–Kier alpha value is -7.19. The number of aliphatic imine (C=N–C) groups is 2. The van der Waals surface area contributed by atoms with E-state index in [1.165, 1.54) is 11.8 Å². The molecule has 7 amide bonds. The summed E-state index contributed by atoms with van der Waals surface area (Å²) in [6.45, 7) is 1.59. The number of aromatic amines is 1. The number of hydrogen-bond donors (Lipinski definition) is 11. The number of hydrogen-bond acceptors (Lipinski definition) is 9. The topological polar surface area (TPSA) is 339 Å². The van der Waals surface area contributed by atoms with Gasteiger partial charge < -0.3 is 64.7 Å². The number of carbonyl (C=O) groups excluding carboxylic acids is 7. The molecule has 0 radical (unpaired) electrons. The minimum Gasteiger partial charge on any atom is -0.370 e. The predicted molar refractivity (Wildman–Crippen MR) is 240 cm³/mol. The van der Waals surface area contributed by atoms with Gasteiger partial charge in [0.25, 0.3) is 0 Å². The highest BCUT2D eigenvalue weighted by molar-refractivity contribution is 5.98. The lowest BCUT2D eigenvalue weighted by atomic mass is 10.0. The van der Waals surface area contributed by atoms with Crippen molar-refractivity contribution in [3.05, 3.63) is 71.9 Å². The molecule has 3 unspecified atom stereocenters. The lowest BCUT2D eigenvalue weighted by Gasteiger charge is -2.31. The summed E-state index contributed by atoms with van der Waals surface area (Å²) in [7, 11) is 0. The highest BCUT2D eigenvalue weighted by Gasteiger charge is 2.40. The Kier molecular flexibility index (Phi) is 17.4. The molecule has 21 heteroatoms. The molecule has 3 heterocycles. The number of nitrogens with two attached hydrogens (primary N) is 4. The number of carbonyl (C=O) groups is 7. The smallest absolute Gasteiger partial charge is 0.245 e. The summed E-state index contributed by atoms with van der Waals surface area (Å²) in [6.07, 6.45) is 3.11. The van der Waals surface area contributed by atoms with Gasteiger partial charge in [0.05, 0.1) is 0 Å². The van der Waals surface area contributed by atoms with Crippen molar-refractivity contribution in [2.45, 2.75) is 101 Å². The van der Waals surface area contributed by atoms with E-state index in [2.05, 4.69) is 46.9 Å². The molecule has 0 spiro atoms. The van der Waals surface area contributed by atoms with Crippen molar-refractivity contribution in [2.24, 2.45) is 32.9 Å². The molecule has 15 N–H and O–H groups in total. The Bertz CT molecular complexity index is 2190. The SMILES string of the molecule is CC(=O)N[C@@H](Cc1ccccc1)C(=O)N[C@H]1CCNC(=O)C(CCCN=C(N)N)NC(=O)C(Cc2c[nH]c3ccccc23)NC(=O)[C@@H](CCCN=C(N)N)NC(=O)C2CCCN2C1=O. The third kappa shape index (κ3) is 13.9. The summed E-state index contributed by atoms with van der Waals surface area (Å²) in [6, 6.07) is 9.51. The van der Waals surface area contributed by atoms with E-state index in [-0.39, 0.29) is 89.5 Å². The summed E-state index contributed by atoms with van der Waals surface area (Å²) >= 11 is 0. The number of fused-ring (bicyclic) bond motifs is 2. The summed E-state index contributed by atoms with van der Waals surface area (Å²) in [5, 5.41) is 17.5. The predicted octanol–water partition coefficient (Wildman–Crippen LogP) is -1.98. The van der Waals surface area contributed by atoms with Gasteiger partial charge in [-0.3, -0.25) is 43.5 Å². The van der Waals surface area contributed by atoms with Gasteiger partial charge in [0.2, 0.25) is 41.4 Å². The van der Waals surface area contributed by atoms with Crippen molar-refractivity contribution in [3.8, 4) is 0 Å². The van der Waals surface area contributed by atoms with Gasteiger partial charge in [-0.15, -0.1) is 0 Å². The third-order valence-electron chi connectivity index (χ3n) is 11.1. The van der Waals surface area contributed by atoms with Crippen LogP contribution in [-0.2, 0) is 46.4 Å². The largest absolute Gasteiger partial charge is 0.370 e. The molecule has 0 aliphatic carbocycles. The van der Waals surface area contributed by atoms with Gasteiger partial charge in [0, 0.05) is 63.0 Å². The van der Waals surface area contributed by atoms with Crippen molar-refractivity contribution in [2.75, 3.05) is 26.2 Å². The number of amides is 7. The minimum atomic E-state index is -1.27. The number of nitrogens with one attached hydrogen (secondary N) is 7. The van der Waals surface area contributed by atoms with Gasteiger partial charge in [-0.2, -0.15) is 0 Å². The molecule has 1 aromatic heterocycles. The van der Waals surface area contributed by atoms with Crippen LogP contribution >= 0.6 is 0 Å². The van der Waals surface area contributed by atoms with Crippen LogP contribution in [0, 0.1) is 0 Å². The first-order valence-corrected chi connectivity index (χ1v) is 21.5. The van der Waals surface area contributed by atoms with Crippen LogP contribution in [-0.4, -0.2) is 126 Å². The third-order valence-corrected chi connectivity index (χ3v) is 11.1. The van der Waals surface area contributed by atoms with Gasteiger partial charge in [-0.05, 0) is 62.1 Å². The highest BCUT2D eigenvalue weighted by Crippen LogP contribution is 2.22. The van der Waals surface area contributed by atoms with Crippen LogP contribution in [0.1, 0.15) is 63.0 Å². The maximum absolute atomic E-state index is 14.5. The van der Waals surface area contributed by atoms with Crippen molar-refractivity contribution in [1.29, 1.82) is 0 Å². The summed E-state index contributed by atoms with van der Waals surface area (Å²) in [4.78, 5) is 110. The van der Waals surface area contributed by atoms with Crippen LogP contribution in [0.4, 0.5) is 0 Å². The monoisotopic (exact) mass is 884 g/mol. The summed E-state index contributed by atoms with van der Waals surface area (Å²) in [5.74, 6) is -4.61. The first kappa shape index (κ1) is 47.9. The number of nitrogens with zero attached hydrogens (tertiary/aromatic N) is 3. The summed E-state index contributed by atoms with van der Waals surface area (Å²) < 4.78 is 0. The van der Waals surface area contributed by atoms with Gasteiger partial charge >= 0.3 is 0 Å². The van der Waals surface area contributed by atoms with Crippen molar-refractivity contribution in [1.82, 2.24) is 41.8 Å². The molecule has 344 valence electrons. The lowest BCUT2D eigenvalue weighted by Crippen LogP contribution is -2.59. The molecular weight excluding hydrogens is 825 g/mol. The zero-order chi connectivity index (χ0) is 46.2. The zero-order valence-corrected chi connectivity index (χ0v) is 35.9. The van der Waals surface area contributed by atoms with Gasteiger partial charge in [-0.1, -0.05) is 48.5 Å². The molecule has 2 saturated heterocycles. The van der Waals surface area contributed by atoms with Crippen LogP contribution in [0.3, 0.4) is 0 Å². The zero-order valence-electron chi connectivity index (χ0n) is 35.9. The van der Waals surface area contributed by atoms with Gasteiger partial charge in [0.15, 0.2) is 11.9 Å². The number of benzene rings is 2. The fourth-order valence-electron chi connectivity index (χ4n) is 7.89. The molecule has 2 fully saturated rings. The second-order valence-electron chi connectivity index (χ2n) is 15.9. The van der Waals surface area contributed by atoms with E-state index in [0.29, 0.717) is 12.0 Å². The first-order chi connectivity index (χ1) is 30.7. The number of guanidine groups is 2. The molecule has 2 aliphatic heterocycles. The molecule has 2 aliphatic rings. The fourth-order valence-corrected chi connectivity index (χ4v) is 7.89. The van der Waals surface area contributed by atoms with E-state index in [1.807, 2.05) is 30.3 Å². The van der Waals surface area contributed by atoms with Crippen LogP contribution in [0.25, 0.3) is 10.9 Å². The number of H-pyrrole nitrogens is 1. The number of aromatic nitrogens is 1. The minimum absolute atomic E-state index is 0.00856. The molecule has 5 rings (SSSR count). The van der Waals surface area contributed by atoms with E-state index < -0.39 is 77.6 Å². The molecule has 21 nitrogen and oxygen atoms in total. The maximum atomic E-state index is 14.5. The Morgan fingerprint density at radius 3 is 2.06 bits per heavy atom. The molecule has 0 bridgehead atoms. The second-order valence-corrected chi connectivity index (χ2v) is 15.9. The average Bonchev–Trinajstić information content (AvgIpc) is 3.92. The van der Waals surface area contributed by atoms with E-state index in [4.69, 9.17) is 22.9 Å². The van der Waals surface area contributed by atoms with E-state index in [0.717, 1.165) is 16.5 Å². The van der Waals surface area contributed by atoms with E-state index >= 15 is 0 Å². The van der Waals surface area contributed by atoms with Crippen LogP contribution in [0.2, 0.25) is 0 Å². The van der Waals surface area contributed by atoms with Gasteiger partial charge in [0.1, 0.15) is 36.3 Å². The first-order valence-electron chi connectivity index (χ1n) is 21.5. The Balaban J connectivity index is 1.50. The summed E-state index contributed by atoms with van der Waals surface area (Å²) in [5.41, 5.74) is 24.4.